The maximum Gasteiger partial charge on any atom is 0.408 e. The van der Waals surface area contributed by atoms with E-state index < -0.39 is 12.7 Å². The zero-order valence-electron chi connectivity index (χ0n) is 14.2. The van der Waals surface area contributed by atoms with Gasteiger partial charge in [-0.2, -0.15) is 18.3 Å². The summed E-state index contributed by atoms with van der Waals surface area (Å²) >= 11 is 0. The minimum atomic E-state index is -4.36. The van der Waals surface area contributed by atoms with Gasteiger partial charge < -0.3 is 0 Å². The average molecular weight is 358 g/mol. The third kappa shape index (κ3) is 4.33. The number of hydrogen-bond acceptors (Lipinski definition) is 6. The highest BCUT2D eigenvalue weighted by molar-refractivity contribution is 5.02. The van der Waals surface area contributed by atoms with E-state index in [2.05, 4.69) is 35.6 Å². The van der Waals surface area contributed by atoms with Crippen molar-refractivity contribution in [3.8, 4) is 0 Å². The van der Waals surface area contributed by atoms with Crippen LogP contribution in [0.3, 0.4) is 0 Å². The van der Waals surface area contributed by atoms with Gasteiger partial charge in [-0.1, -0.05) is 20.3 Å². The number of aromatic nitrogens is 7. The number of aromatic amines is 1. The maximum atomic E-state index is 12.6. The fourth-order valence-electron chi connectivity index (χ4n) is 3.00. The van der Waals surface area contributed by atoms with Crippen molar-refractivity contribution < 1.29 is 13.2 Å². The smallest absolute Gasteiger partial charge is 0.286 e. The van der Waals surface area contributed by atoms with E-state index in [0.29, 0.717) is 0 Å². The van der Waals surface area contributed by atoms with E-state index in [-0.39, 0.29) is 24.3 Å². The second-order valence-electron chi connectivity index (χ2n) is 6.58. The molecule has 2 aromatic heterocycles. The average Bonchev–Trinajstić information content (AvgIpc) is 3.16. The molecule has 2 aromatic rings. The van der Waals surface area contributed by atoms with Crippen LogP contribution in [0.4, 0.5) is 13.2 Å². The van der Waals surface area contributed by atoms with Gasteiger partial charge in [-0.25, -0.2) is 9.67 Å². The number of rotatable bonds is 5. The Balaban J connectivity index is 1.77. The van der Waals surface area contributed by atoms with Crippen LogP contribution in [-0.4, -0.2) is 53.0 Å². The molecule has 1 atom stereocenters. The molecule has 3 rings (SSSR count). The number of tetrazole rings is 1. The van der Waals surface area contributed by atoms with E-state index in [1.165, 1.54) is 0 Å². The van der Waals surface area contributed by atoms with Crippen LogP contribution in [0.2, 0.25) is 0 Å². The van der Waals surface area contributed by atoms with Crippen LogP contribution in [0, 0.1) is 0 Å². The lowest BCUT2D eigenvalue weighted by atomic mass is 10.0. The van der Waals surface area contributed by atoms with Gasteiger partial charge in [0, 0.05) is 5.92 Å². The van der Waals surface area contributed by atoms with Crippen molar-refractivity contribution in [2.24, 2.45) is 0 Å². The van der Waals surface area contributed by atoms with Crippen molar-refractivity contribution >= 4 is 0 Å². The number of halogens is 3. The largest absolute Gasteiger partial charge is 0.408 e. The number of nitrogens with one attached hydrogen (secondary N) is 1. The standard InChI is InChI=1S/C14H21F3N8/c1-9(2)12-18-13(21-20-12)10-5-3-4-6-24(10)7-11-19-22-23-25(11)8-14(15,16)17/h9-10H,3-8H2,1-2H3,(H,18,20,21)/t10-/m0/s1. The van der Waals surface area contributed by atoms with E-state index in [4.69, 9.17) is 0 Å². The topological polar surface area (TPSA) is 88.4 Å². The van der Waals surface area contributed by atoms with E-state index >= 15 is 0 Å². The fourth-order valence-corrected chi connectivity index (χ4v) is 3.00. The van der Waals surface area contributed by atoms with Crippen molar-refractivity contribution in [3.63, 3.8) is 0 Å². The quantitative estimate of drug-likeness (QED) is 0.882. The third-order valence-corrected chi connectivity index (χ3v) is 4.25. The van der Waals surface area contributed by atoms with Gasteiger partial charge in [0.25, 0.3) is 0 Å². The van der Waals surface area contributed by atoms with Gasteiger partial charge >= 0.3 is 6.18 Å². The normalized spacial score (nSPS) is 19.7. The van der Waals surface area contributed by atoms with Gasteiger partial charge in [-0.05, 0) is 29.8 Å². The van der Waals surface area contributed by atoms with Crippen LogP contribution in [-0.2, 0) is 13.1 Å². The highest BCUT2D eigenvalue weighted by Crippen LogP contribution is 2.30. The Morgan fingerprint density at radius 3 is 2.76 bits per heavy atom. The summed E-state index contributed by atoms with van der Waals surface area (Å²) in [6, 6.07) is -0.0233. The van der Waals surface area contributed by atoms with E-state index in [1.807, 2.05) is 13.8 Å². The maximum absolute atomic E-state index is 12.6. The highest BCUT2D eigenvalue weighted by atomic mass is 19.4. The highest BCUT2D eigenvalue weighted by Gasteiger charge is 2.32. The first-order chi connectivity index (χ1) is 11.8. The number of nitrogens with zero attached hydrogens (tertiary/aromatic N) is 7. The first-order valence-corrected chi connectivity index (χ1v) is 8.31. The molecule has 1 saturated heterocycles. The van der Waals surface area contributed by atoms with E-state index in [9.17, 15) is 13.2 Å². The molecule has 0 unspecified atom stereocenters. The Hall–Kier alpha value is -2.04. The number of hydrogen-bond donors (Lipinski definition) is 1. The van der Waals surface area contributed by atoms with Gasteiger partial charge in [0.05, 0.1) is 12.6 Å². The Bertz CT molecular complexity index is 692. The van der Waals surface area contributed by atoms with Gasteiger partial charge in [0.2, 0.25) is 0 Å². The van der Waals surface area contributed by atoms with Crippen LogP contribution >= 0.6 is 0 Å². The molecule has 0 aromatic carbocycles. The van der Waals surface area contributed by atoms with Crippen molar-refractivity contribution in [3.05, 3.63) is 17.5 Å². The Labute approximate surface area is 142 Å². The molecule has 0 radical (unpaired) electrons. The molecule has 0 bridgehead atoms. The number of H-pyrrole nitrogens is 1. The zero-order chi connectivity index (χ0) is 18.0. The zero-order valence-corrected chi connectivity index (χ0v) is 14.2. The van der Waals surface area contributed by atoms with Crippen molar-refractivity contribution in [1.29, 1.82) is 0 Å². The molecule has 11 heteroatoms. The molecular formula is C14H21F3N8. The van der Waals surface area contributed by atoms with Crippen LogP contribution in [0.25, 0.3) is 0 Å². The Morgan fingerprint density at radius 1 is 1.28 bits per heavy atom. The summed E-state index contributed by atoms with van der Waals surface area (Å²) in [7, 11) is 0. The molecule has 0 amide bonds. The molecule has 0 aliphatic carbocycles. The van der Waals surface area contributed by atoms with Crippen LogP contribution in [0.1, 0.15) is 62.5 Å². The summed E-state index contributed by atoms with van der Waals surface area (Å²) in [4.78, 5) is 6.61. The lowest BCUT2D eigenvalue weighted by Gasteiger charge is -2.33. The minimum Gasteiger partial charge on any atom is -0.286 e. The van der Waals surface area contributed by atoms with Crippen LogP contribution in [0.5, 0.6) is 0 Å². The van der Waals surface area contributed by atoms with Gasteiger partial charge in [-0.3, -0.25) is 10.00 Å². The van der Waals surface area contributed by atoms with Crippen molar-refractivity contribution in [2.75, 3.05) is 6.54 Å². The van der Waals surface area contributed by atoms with Gasteiger partial charge in [0.1, 0.15) is 12.4 Å². The fraction of sp³-hybridized carbons (Fsp3) is 0.786. The molecule has 1 fully saturated rings. The molecule has 1 aliphatic rings. The summed E-state index contributed by atoms with van der Waals surface area (Å²) < 4.78 is 38.7. The van der Waals surface area contributed by atoms with Crippen molar-refractivity contribution in [2.45, 2.75) is 64.3 Å². The second kappa shape index (κ2) is 7.06. The van der Waals surface area contributed by atoms with Crippen molar-refractivity contribution in [1.82, 2.24) is 40.3 Å². The molecule has 8 nitrogen and oxygen atoms in total. The third-order valence-electron chi connectivity index (χ3n) is 4.25. The molecule has 0 spiro atoms. The second-order valence-corrected chi connectivity index (χ2v) is 6.58. The Morgan fingerprint density at radius 2 is 2.08 bits per heavy atom. The van der Waals surface area contributed by atoms with E-state index in [0.717, 1.165) is 42.1 Å². The number of likely N-dealkylation sites (tertiary alicyclic amines) is 1. The molecular weight excluding hydrogens is 337 g/mol. The number of alkyl halides is 3. The lowest BCUT2D eigenvalue weighted by Crippen LogP contribution is -2.35. The van der Waals surface area contributed by atoms with Crippen LogP contribution in [0.15, 0.2) is 0 Å². The summed E-state index contributed by atoms with van der Waals surface area (Å²) in [5, 5.41) is 17.8. The predicted octanol–water partition coefficient (Wildman–Crippen LogP) is 2.20. The van der Waals surface area contributed by atoms with E-state index in [1.54, 1.807) is 0 Å². The first kappa shape index (κ1) is 17.8. The molecule has 1 aliphatic heterocycles. The minimum absolute atomic E-state index is 0.0233. The van der Waals surface area contributed by atoms with Crippen LogP contribution < -0.4 is 0 Å². The summed E-state index contributed by atoms with van der Waals surface area (Å²) in [6.45, 7) is 3.83. The number of piperidine rings is 1. The molecule has 138 valence electrons. The molecule has 25 heavy (non-hydrogen) atoms. The SMILES string of the molecule is CC(C)c1n[nH]c([C@@H]2CCCCN2Cc2nnnn2CC(F)(F)F)n1. The molecule has 1 N–H and O–H groups in total. The Kier molecular flexibility index (Phi) is 5.02. The predicted molar refractivity (Wildman–Crippen MR) is 81.3 cm³/mol. The first-order valence-electron chi connectivity index (χ1n) is 8.31. The molecule has 0 saturated carbocycles. The van der Waals surface area contributed by atoms with Gasteiger partial charge in [-0.15, -0.1) is 5.10 Å². The molecule has 3 heterocycles. The summed E-state index contributed by atoms with van der Waals surface area (Å²) in [5.41, 5.74) is 0. The summed E-state index contributed by atoms with van der Waals surface area (Å²) in [6.07, 6.45) is -1.48. The van der Waals surface area contributed by atoms with Gasteiger partial charge in [0.15, 0.2) is 11.6 Å². The monoisotopic (exact) mass is 358 g/mol. The lowest BCUT2D eigenvalue weighted by molar-refractivity contribution is -0.143. The summed E-state index contributed by atoms with van der Waals surface area (Å²) in [5.74, 6) is 1.90.